The first-order valence-corrected chi connectivity index (χ1v) is 8.21. The van der Waals surface area contributed by atoms with E-state index in [2.05, 4.69) is 10.3 Å². The predicted octanol–water partition coefficient (Wildman–Crippen LogP) is 3.97. The van der Waals surface area contributed by atoms with E-state index in [0.29, 0.717) is 27.8 Å². The number of carbonyl (C=O) groups excluding carboxylic acids is 2. The van der Waals surface area contributed by atoms with Crippen LogP contribution < -0.4 is 10.1 Å². The van der Waals surface area contributed by atoms with Crippen molar-refractivity contribution in [3.05, 3.63) is 71.2 Å². The molecule has 0 spiro atoms. The fourth-order valence-electron chi connectivity index (χ4n) is 2.11. The van der Waals surface area contributed by atoms with Gasteiger partial charge in [-0.2, -0.15) is 0 Å². The van der Waals surface area contributed by atoms with Crippen molar-refractivity contribution < 1.29 is 19.1 Å². The molecule has 1 heterocycles. The number of nitrogens with one attached hydrogen (secondary N) is 1. The minimum absolute atomic E-state index is 0.294. The summed E-state index contributed by atoms with van der Waals surface area (Å²) in [5.41, 5.74) is 1.12. The van der Waals surface area contributed by atoms with Gasteiger partial charge in [-0.25, -0.2) is 9.78 Å². The number of rotatable bonds is 5. The number of anilines is 1. The average Bonchev–Trinajstić information content (AvgIpc) is 3.15. The number of benzene rings is 2. The highest BCUT2D eigenvalue weighted by Gasteiger charge is 2.14. The van der Waals surface area contributed by atoms with Crippen molar-refractivity contribution in [3.8, 4) is 10.9 Å². The highest BCUT2D eigenvalue weighted by atomic mass is 32.1. The quantitative estimate of drug-likeness (QED) is 0.702. The van der Waals surface area contributed by atoms with Crippen LogP contribution in [-0.2, 0) is 4.74 Å². The lowest BCUT2D eigenvalue weighted by molar-refractivity contribution is 0.0602. The molecule has 0 bridgehead atoms. The number of thiazole rings is 1. The number of hydrogen-bond acceptors (Lipinski definition) is 6. The second-order valence-electron chi connectivity index (χ2n) is 4.92. The van der Waals surface area contributed by atoms with Gasteiger partial charge < -0.3 is 14.8 Å². The number of nitrogens with zero attached hydrogens (tertiary/aromatic N) is 1. The monoisotopic (exact) mass is 354 g/mol. The summed E-state index contributed by atoms with van der Waals surface area (Å²) in [5.74, 6) is -0.262. The van der Waals surface area contributed by atoms with Crippen molar-refractivity contribution >= 4 is 28.9 Å². The molecule has 0 fully saturated rings. The molecule has 2 aromatic carbocycles. The number of aromatic nitrogens is 1. The molecule has 1 aromatic heterocycles. The van der Waals surface area contributed by atoms with Crippen molar-refractivity contribution in [2.75, 3.05) is 12.4 Å². The molecule has 25 heavy (non-hydrogen) atoms. The summed E-state index contributed by atoms with van der Waals surface area (Å²) in [6.45, 7) is 0. The fraction of sp³-hybridized carbons (Fsp3) is 0.0556. The maximum atomic E-state index is 12.4. The second kappa shape index (κ2) is 7.59. The molecular weight excluding hydrogens is 340 g/mol. The van der Waals surface area contributed by atoms with Gasteiger partial charge in [-0.15, -0.1) is 0 Å². The summed E-state index contributed by atoms with van der Waals surface area (Å²) in [7, 11) is 1.29. The molecule has 0 unspecified atom stereocenters. The van der Waals surface area contributed by atoms with Crippen molar-refractivity contribution in [1.82, 2.24) is 4.98 Å². The normalized spacial score (nSPS) is 10.1. The maximum absolute atomic E-state index is 12.4. The highest BCUT2D eigenvalue weighted by Crippen LogP contribution is 2.24. The fourth-order valence-corrected chi connectivity index (χ4v) is 2.61. The van der Waals surface area contributed by atoms with E-state index in [1.807, 2.05) is 5.38 Å². The molecule has 1 amide bonds. The lowest BCUT2D eigenvalue weighted by atomic mass is 10.1. The van der Waals surface area contributed by atoms with Gasteiger partial charge in [0.2, 0.25) is 0 Å². The predicted molar refractivity (Wildman–Crippen MR) is 94.4 cm³/mol. The van der Waals surface area contributed by atoms with Gasteiger partial charge in [0.1, 0.15) is 5.75 Å². The molecule has 126 valence electrons. The van der Waals surface area contributed by atoms with E-state index in [1.54, 1.807) is 54.7 Å². The minimum Gasteiger partial charge on any atom is -0.465 e. The van der Waals surface area contributed by atoms with Crippen LogP contribution in [-0.4, -0.2) is 24.0 Å². The SMILES string of the molecule is COC(=O)c1ccccc1NC(=O)c1ccc(Oc2nccs2)cc1. The molecule has 0 aliphatic rings. The third-order valence-corrected chi connectivity index (χ3v) is 3.96. The van der Waals surface area contributed by atoms with E-state index >= 15 is 0 Å². The standard InChI is InChI=1S/C18H14N2O4S/c1-23-17(22)14-4-2-3-5-15(14)20-16(21)12-6-8-13(9-7-12)24-18-19-10-11-25-18/h2-11H,1H3,(H,20,21). The van der Waals surface area contributed by atoms with Crippen LogP contribution in [0.1, 0.15) is 20.7 Å². The molecule has 6 nitrogen and oxygen atoms in total. The van der Waals surface area contributed by atoms with Gasteiger partial charge in [-0.3, -0.25) is 4.79 Å². The smallest absolute Gasteiger partial charge is 0.339 e. The number of carbonyl (C=O) groups is 2. The number of ether oxygens (including phenoxy) is 2. The largest absolute Gasteiger partial charge is 0.465 e. The van der Waals surface area contributed by atoms with Crippen LogP contribution >= 0.6 is 11.3 Å². The molecule has 0 aliphatic heterocycles. The zero-order valence-electron chi connectivity index (χ0n) is 13.3. The Morgan fingerprint density at radius 3 is 2.52 bits per heavy atom. The molecule has 0 aliphatic carbocycles. The van der Waals surface area contributed by atoms with Crippen LogP contribution in [0, 0.1) is 0 Å². The van der Waals surface area contributed by atoms with Crippen molar-refractivity contribution in [2.45, 2.75) is 0 Å². The van der Waals surface area contributed by atoms with E-state index in [1.165, 1.54) is 18.4 Å². The molecule has 3 aromatic rings. The average molecular weight is 354 g/mol. The number of hydrogen-bond donors (Lipinski definition) is 1. The first kappa shape index (κ1) is 16.7. The Bertz CT molecular complexity index is 876. The Morgan fingerprint density at radius 2 is 1.84 bits per heavy atom. The Morgan fingerprint density at radius 1 is 1.08 bits per heavy atom. The van der Waals surface area contributed by atoms with Crippen LogP contribution in [0.15, 0.2) is 60.1 Å². The number of amides is 1. The van der Waals surface area contributed by atoms with Gasteiger partial charge in [0.05, 0.1) is 18.4 Å². The highest BCUT2D eigenvalue weighted by molar-refractivity contribution is 7.11. The topological polar surface area (TPSA) is 77.5 Å². The summed E-state index contributed by atoms with van der Waals surface area (Å²) >= 11 is 1.38. The summed E-state index contributed by atoms with van der Waals surface area (Å²) in [6, 6.07) is 13.3. The van der Waals surface area contributed by atoms with E-state index in [0.717, 1.165) is 0 Å². The van der Waals surface area contributed by atoms with Crippen LogP contribution in [0.2, 0.25) is 0 Å². The van der Waals surface area contributed by atoms with E-state index in [-0.39, 0.29) is 5.91 Å². The molecule has 3 rings (SSSR count). The first-order valence-electron chi connectivity index (χ1n) is 7.33. The van der Waals surface area contributed by atoms with Gasteiger partial charge in [0, 0.05) is 17.1 Å². The van der Waals surface area contributed by atoms with Crippen molar-refractivity contribution in [1.29, 1.82) is 0 Å². The Labute approximate surface area is 148 Å². The number of para-hydroxylation sites is 1. The van der Waals surface area contributed by atoms with Gasteiger partial charge in [-0.05, 0) is 36.4 Å². The Hall–Kier alpha value is -3.19. The molecule has 0 saturated heterocycles. The molecule has 0 saturated carbocycles. The second-order valence-corrected chi connectivity index (χ2v) is 5.77. The van der Waals surface area contributed by atoms with Gasteiger partial charge >= 0.3 is 5.97 Å². The van der Waals surface area contributed by atoms with Crippen LogP contribution in [0.4, 0.5) is 5.69 Å². The first-order chi connectivity index (χ1) is 12.2. The number of esters is 1. The third-order valence-electron chi connectivity index (χ3n) is 3.31. The summed E-state index contributed by atoms with van der Waals surface area (Å²) in [4.78, 5) is 28.2. The molecular formula is C18H14N2O4S. The number of methoxy groups -OCH3 is 1. The Kier molecular flexibility index (Phi) is 5.06. The van der Waals surface area contributed by atoms with E-state index in [9.17, 15) is 9.59 Å². The van der Waals surface area contributed by atoms with Gasteiger partial charge in [0.25, 0.3) is 11.1 Å². The van der Waals surface area contributed by atoms with Crippen molar-refractivity contribution in [2.24, 2.45) is 0 Å². The van der Waals surface area contributed by atoms with Gasteiger partial charge in [0.15, 0.2) is 0 Å². The molecule has 1 N–H and O–H groups in total. The summed E-state index contributed by atoms with van der Waals surface area (Å²) in [6.07, 6.45) is 1.65. The zero-order valence-corrected chi connectivity index (χ0v) is 14.1. The lowest BCUT2D eigenvalue weighted by Crippen LogP contribution is -2.15. The minimum atomic E-state index is -0.511. The molecule has 7 heteroatoms. The molecule has 0 radical (unpaired) electrons. The van der Waals surface area contributed by atoms with Crippen LogP contribution in [0.5, 0.6) is 10.9 Å². The Balaban J connectivity index is 1.72. The van der Waals surface area contributed by atoms with Crippen molar-refractivity contribution in [3.63, 3.8) is 0 Å². The third kappa shape index (κ3) is 4.02. The van der Waals surface area contributed by atoms with Crippen LogP contribution in [0.25, 0.3) is 0 Å². The van der Waals surface area contributed by atoms with Gasteiger partial charge in [-0.1, -0.05) is 23.5 Å². The zero-order chi connectivity index (χ0) is 17.6. The molecule has 0 atom stereocenters. The van der Waals surface area contributed by atoms with Crippen LogP contribution in [0.3, 0.4) is 0 Å². The summed E-state index contributed by atoms with van der Waals surface area (Å²) < 4.78 is 10.3. The lowest BCUT2D eigenvalue weighted by Gasteiger charge is -2.10. The van der Waals surface area contributed by atoms with E-state index < -0.39 is 5.97 Å². The summed E-state index contributed by atoms with van der Waals surface area (Å²) in [5, 5.41) is 5.06. The van der Waals surface area contributed by atoms with E-state index in [4.69, 9.17) is 9.47 Å². The maximum Gasteiger partial charge on any atom is 0.339 e.